The molecule has 0 spiro atoms. The lowest BCUT2D eigenvalue weighted by Gasteiger charge is -2.03. The highest BCUT2D eigenvalue weighted by molar-refractivity contribution is 8.76. The van der Waals surface area contributed by atoms with E-state index < -0.39 is 0 Å². The molecule has 2 aromatic heterocycles. The van der Waals surface area contributed by atoms with Gasteiger partial charge >= 0.3 is 0 Å². The number of pyridine rings is 2. The summed E-state index contributed by atoms with van der Waals surface area (Å²) >= 11 is 0. The zero-order valence-corrected chi connectivity index (χ0v) is 14.6. The summed E-state index contributed by atoms with van der Waals surface area (Å²) in [5, 5.41) is 0. The van der Waals surface area contributed by atoms with Gasteiger partial charge in [-0.15, -0.1) is 0 Å². The molecule has 0 radical (unpaired) electrons. The van der Waals surface area contributed by atoms with Gasteiger partial charge in [0.2, 0.25) is 0 Å². The molecule has 22 heavy (non-hydrogen) atoms. The van der Waals surface area contributed by atoms with Crippen LogP contribution in [-0.2, 0) is 12.8 Å². The SMILES string of the molecule is c1cc(CCCCSSCCCCc2ccncc2)ccn1. The third-order valence-electron chi connectivity index (χ3n) is 3.47. The van der Waals surface area contributed by atoms with Crippen molar-refractivity contribution in [3.63, 3.8) is 0 Å². The van der Waals surface area contributed by atoms with Crippen LogP contribution in [0.4, 0.5) is 0 Å². The molecule has 0 bridgehead atoms. The number of nitrogens with zero attached hydrogens (tertiary/aromatic N) is 2. The quantitative estimate of drug-likeness (QED) is 0.417. The van der Waals surface area contributed by atoms with E-state index in [1.807, 2.05) is 46.4 Å². The first-order valence-corrected chi connectivity index (χ1v) is 10.5. The van der Waals surface area contributed by atoms with Gasteiger partial charge < -0.3 is 0 Å². The molecule has 2 nitrogen and oxygen atoms in total. The molecular formula is C18H24N2S2. The van der Waals surface area contributed by atoms with Crippen molar-refractivity contribution in [1.29, 1.82) is 0 Å². The Morgan fingerprint density at radius 1 is 0.591 bits per heavy atom. The topological polar surface area (TPSA) is 25.8 Å². The van der Waals surface area contributed by atoms with Crippen LogP contribution in [0, 0.1) is 0 Å². The monoisotopic (exact) mass is 332 g/mol. The number of hydrogen-bond donors (Lipinski definition) is 0. The lowest BCUT2D eigenvalue weighted by Crippen LogP contribution is -1.88. The summed E-state index contributed by atoms with van der Waals surface area (Å²) in [5.41, 5.74) is 2.81. The molecule has 0 N–H and O–H groups in total. The van der Waals surface area contributed by atoms with E-state index in [1.54, 1.807) is 0 Å². The maximum absolute atomic E-state index is 4.05. The highest BCUT2D eigenvalue weighted by atomic mass is 33.1. The second-order valence-electron chi connectivity index (χ2n) is 5.27. The smallest absolute Gasteiger partial charge is 0.0270 e. The zero-order valence-electron chi connectivity index (χ0n) is 13.0. The van der Waals surface area contributed by atoms with Gasteiger partial charge in [-0.1, -0.05) is 21.6 Å². The number of aromatic nitrogens is 2. The lowest BCUT2D eigenvalue weighted by atomic mass is 10.1. The molecule has 118 valence electrons. The summed E-state index contributed by atoms with van der Waals surface area (Å²) in [7, 11) is 4.06. The minimum Gasteiger partial charge on any atom is -0.265 e. The second-order valence-corrected chi connectivity index (χ2v) is 7.97. The number of rotatable bonds is 11. The first-order valence-electron chi connectivity index (χ1n) is 7.97. The minimum atomic E-state index is 1.18. The average molecular weight is 333 g/mol. The van der Waals surface area contributed by atoms with E-state index in [0.29, 0.717) is 0 Å². The molecular weight excluding hydrogens is 308 g/mol. The summed E-state index contributed by atoms with van der Waals surface area (Å²) < 4.78 is 0. The van der Waals surface area contributed by atoms with Crippen molar-refractivity contribution in [2.45, 2.75) is 38.5 Å². The van der Waals surface area contributed by atoms with E-state index >= 15 is 0 Å². The molecule has 0 aliphatic heterocycles. The molecule has 0 aliphatic carbocycles. The predicted molar refractivity (Wildman–Crippen MR) is 99.3 cm³/mol. The van der Waals surface area contributed by atoms with E-state index in [2.05, 4.69) is 34.2 Å². The van der Waals surface area contributed by atoms with Gasteiger partial charge in [0, 0.05) is 36.3 Å². The van der Waals surface area contributed by atoms with Crippen LogP contribution in [0.15, 0.2) is 49.1 Å². The Morgan fingerprint density at radius 3 is 1.41 bits per heavy atom. The Kier molecular flexibility index (Phi) is 9.11. The first kappa shape index (κ1) is 17.4. The van der Waals surface area contributed by atoms with Crippen LogP contribution < -0.4 is 0 Å². The molecule has 0 unspecified atom stereocenters. The highest BCUT2D eigenvalue weighted by Gasteiger charge is 1.96. The maximum Gasteiger partial charge on any atom is 0.0270 e. The molecule has 0 atom stereocenters. The number of unbranched alkanes of at least 4 members (excludes halogenated alkanes) is 2. The minimum absolute atomic E-state index is 1.18. The van der Waals surface area contributed by atoms with E-state index in [4.69, 9.17) is 0 Å². The Bertz CT molecular complexity index is 443. The maximum atomic E-state index is 4.05. The number of aryl methyl sites for hydroxylation is 2. The van der Waals surface area contributed by atoms with Crippen LogP contribution in [0.3, 0.4) is 0 Å². The second kappa shape index (κ2) is 11.6. The van der Waals surface area contributed by atoms with Crippen molar-refractivity contribution in [2.24, 2.45) is 0 Å². The van der Waals surface area contributed by atoms with Crippen LogP contribution >= 0.6 is 21.6 Å². The Balaban J connectivity index is 1.37. The predicted octanol–water partition coefficient (Wildman–Crippen LogP) is 5.20. The van der Waals surface area contributed by atoms with Crippen LogP contribution in [0.1, 0.15) is 36.8 Å². The average Bonchev–Trinajstić information content (AvgIpc) is 2.58. The summed E-state index contributed by atoms with van der Waals surface area (Å²) in [5.74, 6) is 2.53. The van der Waals surface area contributed by atoms with Gasteiger partial charge in [-0.3, -0.25) is 9.97 Å². The summed E-state index contributed by atoms with van der Waals surface area (Å²) in [6, 6.07) is 8.46. The molecule has 2 aromatic rings. The fourth-order valence-corrected chi connectivity index (χ4v) is 4.49. The molecule has 0 amide bonds. The first-order chi connectivity index (χ1) is 10.9. The summed E-state index contributed by atoms with van der Waals surface area (Å²) in [6.45, 7) is 0. The van der Waals surface area contributed by atoms with Gasteiger partial charge in [-0.25, -0.2) is 0 Å². The van der Waals surface area contributed by atoms with Crippen molar-refractivity contribution in [3.05, 3.63) is 60.2 Å². The molecule has 0 saturated carbocycles. The molecule has 4 heteroatoms. The lowest BCUT2D eigenvalue weighted by molar-refractivity contribution is 0.801. The third kappa shape index (κ3) is 7.85. The normalized spacial score (nSPS) is 10.7. The molecule has 2 heterocycles. The van der Waals surface area contributed by atoms with Crippen molar-refractivity contribution in [2.75, 3.05) is 11.5 Å². The fourth-order valence-electron chi connectivity index (χ4n) is 2.20. The summed E-state index contributed by atoms with van der Waals surface area (Å²) in [6.07, 6.45) is 15.0. The zero-order chi connectivity index (χ0) is 15.3. The van der Waals surface area contributed by atoms with E-state index in [-0.39, 0.29) is 0 Å². The van der Waals surface area contributed by atoms with Crippen LogP contribution in [0.25, 0.3) is 0 Å². The van der Waals surface area contributed by atoms with Crippen molar-refractivity contribution >= 4 is 21.6 Å². The molecule has 0 saturated heterocycles. The van der Waals surface area contributed by atoms with Gasteiger partial charge in [-0.2, -0.15) is 0 Å². The van der Waals surface area contributed by atoms with Gasteiger partial charge in [0.15, 0.2) is 0 Å². The van der Waals surface area contributed by atoms with Crippen LogP contribution in [-0.4, -0.2) is 21.5 Å². The molecule has 0 aromatic carbocycles. The van der Waals surface area contributed by atoms with Crippen LogP contribution in [0.5, 0.6) is 0 Å². The van der Waals surface area contributed by atoms with Crippen molar-refractivity contribution in [3.8, 4) is 0 Å². The van der Waals surface area contributed by atoms with E-state index in [1.165, 1.54) is 61.2 Å². The Hall–Kier alpha value is -1.00. The molecule has 2 rings (SSSR count). The largest absolute Gasteiger partial charge is 0.265 e. The van der Waals surface area contributed by atoms with Gasteiger partial charge in [0.05, 0.1) is 0 Å². The van der Waals surface area contributed by atoms with E-state index in [9.17, 15) is 0 Å². The van der Waals surface area contributed by atoms with Crippen LogP contribution in [0.2, 0.25) is 0 Å². The van der Waals surface area contributed by atoms with Gasteiger partial charge in [0.25, 0.3) is 0 Å². The van der Waals surface area contributed by atoms with Gasteiger partial charge in [-0.05, 0) is 73.9 Å². The number of hydrogen-bond acceptors (Lipinski definition) is 4. The molecule has 0 fully saturated rings. The fraction of sp³-hybridized carbons (Fsp3) is 0.444. The van der Waals surface area contributed by atoms with Crippen molar-refractivity contribution in [1.82, 2.24) is 9.97 Å². The third-order valence-corrected chi connectivity index (χ3v) is 6.05. The van der Waals surface area contributed by atoms with Crippen molar-refractivity contribution < 1.29 is 0 Å². The molecule has 0 aliphatic rings. The van der Waals surface area contributed by atoms with Gasteiger partial charge in [0.1, 0.15) is 0 Å². The standard InChI is InChI=1S/C18H24N2S2/c1(5-17-7-11-19-12-8-17)3-15-21-22-16-4-2-6-18-9-13-20-14-10-18/h7-14H,1-6,15-16H2. The highest BCUT2D eigenvalue weighted by Crippen LogP contribution is 2.24. The van der Waals surface area contributed by atoms with E-state index in [0.717, 1.165) is 0 Å². The Labute approximate surface area is 141 Å². The Morgan fingerprint density at radius 2 is 1.00 bits per heavy atom. The summed E-state index contributed by atoms with van der Waals surface area (Å²) in [4.78, 5) is 8.09.